The summed E-state index contributed by atoms with van der Waals surface area (Å²) < 4.78 is 0. The number of rotatable bonds is 8. The van der Waals surface area contributed by atoms with E-state index in [0.717, 1.165) is 44.2 Å². The second kappa shape index (κ2) is 14.8. The highest BCUT2D eigenvalue weighted by molar-refractivity contribution is 6.12. The molecule has 0 aliphatic heterocycles. The molecular formula is C56H41N3. The van der Waals surface area contributed by atoms with Gasteiger partial charge < -0.3 is 5.41 Å². The Morgan fingerprint density at radius 2 is 1.22 bits per heavy atom. The van der Waals surface area contributed by atoms with Crippen molar-refractivity contribution < 1.29 is 0 Å². The van der Waals surface area contributed by atoms with Crippen molar-refractivity contribution in [1.82, 2.24) is 4.98 Å². The Hall–Kier alpha value is -7.49. The van der Waals surface area contributed by atoms with Crippen molar-refractivity contribution in [1.29, 1.82) is 5.41 Å². The first-order valence-electron chi connectivity index (χ1n) is 20.1. The molecule has 0 fully saturated rings. The largest absolute Gasteiger partial charge is 0.300 e. The molecule has 0 bridgehead atoms. The van der Waals surface area contributed by atoms with Crippen LogP contribution in [0.25, 0.3) is 71.7 Å². The second-order valence-corrected chi connectivity index (χ2v) is 15.8. The number of hydrogen-bond donors (Lipinski definition) is 1. The van der Waals surface area contributed by atoms with Gasteiger partial charge in [0.05, 0.1) is 11.4 Å². The number of benzene rings is 8. The van der Waals surface area contributed by atoms with E-state index in [1.165, 1.54) is 49.7 Å². The zero-order chi connectivity index (χ0) is 39.9. The molecule has 0 unspecified atom stereocenters. The quantitative estimate of drug-likeness (QED) is 0.154. The Morgan fingerprint density at radius 3 is 2.02 bits per heavy atom. The lowest BCUT2D eigenvalue weighted by molar-refractivity contribution is 0.666. The van der Waals surface area contributed by atoms with Gasteiger partial charge in [-0.2, -0.15) is 0 Å². The Labute approximate surface area is 345 Å². The van der Waals surface area contributed by atoms with Crippen LogP contribution in [0.3, 0.4) is 0 Å². The van der Waals surface area contributed by atoms with Crippen LogP contribution in [-0.2, 0) is 5.41 Å². The second-order valence-electron chi connectivity index (χ2n) is 15.8. The lowest BCUT2D eigenvalue weighted by Gasteiger charge is -2.23. The van der Waals surface area contributed by atoms with Crippen molar-refractivity contribution >= 4 is 39.2 Å². The molecule has 1 heterocycles. The lowest BCUT2D eigenvalue weighted by Crippen LogP contribution is -2.15. The van der Waals surface area contributed by atoms with E-state index < -0.39 is 0 Å². The van der Waals surface area contributed by atoms with Crippen molar-refractivity contribution in [3.8, 4) is 44.5 Å². The molecule has 3 heteroatoms. The van der Waals surface area contributed by atoms with E-state index in [1.54, 1.807) is 6.20 Å². The van der Waals surface area contributed by atoms with Crippen LogP contribution >= 0.6 is 0 Å². The van der Waals surface area contributed by atoms with Gasteiger partial charge in [0, 0.05) is 40.7 Å². The van der Waals surface area contributed by atoms with E-state index in [-0.39, 0.29) is 5.41 Å². The van der Waals surface area contributed by atoms with Crippen molar-refractivity contribution in [2.75, 3.05) is 0 Å². The van der Waals surface area contributed by atoms with Gasteiger partial charge in [0.15, 0.2) is 0 Å². The maximum absolute atomic E-state index is 8.99. The molecule has 1 aliphatic rings. The van der Waals surface area contributed by atoms with Crippen LogP contribution in [0.4, 0.5) is 0 Å². The molecule has 59 heavy (non-hydrogen) atoms. The molecule has 1 aromatic heterocycles. The average molecular weight is 756 g/mol. The van der Waals surface area contributed by atoms with Crippen LogP contribution in [0.1, 0.15) is 41.7 Å². The molecule has 0 saturated heterocycles. The number of allylic oxidation sites excluding steroid dienone is 1. The molecule has 10 rings (SSSR count). The molecule has 0 spiro atoms. The molecule has 9 aromatic rings. The minimum Gasteiger partial charge on any atom is -0.300 e. The predicted molar refractivity (Wildman–Crippen MR) is 248 cm³/mol. The molecule has 1 N–H and O–H groups in total. The normalized spacial score (nSPS) is 13.2. The number of pyridine rings is 1. The molecule has 8 aromatic carbocycles. The van der Waals surface area contributed by atoms with E-state index in [1.807, 2.05) is 61.0 Å². The Balaban J connectivity index is 1.01. The van der Waals surface area contributed by atoms with Crippen LogP contribution in [0.2, 0.25) is 0 Å². The Kier molecular flexibility index (Phi) is 8.99. The van der Waals surface area contributed by atoms with Gasteiger partial charge in [-0.3, -0.25) is 9.98 Å². The van der Waals surface area contributed by atoms with Gasteiger partial charge in [-0.1, -0.05) is 184 Å². The molecule has 0 amide bonds. The number of hydrogen-bond acceptors (Lipinski definition) is 3. The predicted octanol–water partition coefficient (Wildman–Crippen LogP) is 14.2. The standard InChI is InChI=1S/C56H41N3/c1-56(2)51-23-11-22-47(54(51)50-31-28-37-13-6-7-20-48(37)55(50)56)39-26-24-38(25-27-39)46-30-29-44(45-19-8-9-21-49(45)46)36-59-53(34-52(57)40-14-4-3-5-15-40)42-17-10-16-41(33-42)43-18-12-32-58-35-43/h3-36,57H,1-2H3/b53-34-,57-52?,59-36?. The highest BCUT2D eigenvalue weighted by Gasteiger charge is 2.38. The topological polar surface area (TPSA) is 49.1 Å². The highest BCUT2D eigenvalue weighted by Crippen LogP contribution is 2.54. The number of nitrogens with one attached hydrogen (secondary N) is 1. The van der Waals surface area contributed by atoms with Gasteiger partial charge in [-0.15, -0.1) is 0 Å². The van der Waals surface area contributed by atoms with Crippen LogP contribution < -0.4 is 0 Å². The molecule has 0 radical (unpaired) electrons. The SMILES string of the molecule is CC1(C)c2cccc(-c3ccc(-c4ccc(C=N/C(=C\C(=N)c5ccccc5)c5cccc(-c6cccnc6)c5)c5ccccc45)cc3)c2-c2ccc3ccccc3c21. The number of fused-ring (bicyclic) bond motifs is 6. The third kappa shape index (κ3) is 6.47. The Morgan fingerprint density at radius 1 is 0.542 bits per heavy atom. The first-order valence-corrected chi connectivity index (χ1v) is 20.1. The summed E-state index contributed by atoms with van der Waals surface area (Å²) >= 11 is 0. The molecule has 3 nitrogen and oxygen atoms in total. The van der Waals surface area contributed by atoms with Crippen molar-refractivity contribution in [3.05, 3.63) is 228 Å². The van der Waals surface area contributed by atoms with Crippen molar-refractivity contribution in [2.24, 2.45) is 4.99 Å². The fourth-order valence-electron chi connectivity index (χ4n) is 8.97. The first kappa shape index (κ1) is 35.9. The van der Waals surface area contributed by atoms with Crippen LogP contribution in [0.15, 0.2) is 205 Å². The summed E-state index contributed by atoms with van der Waals surface area (Å²) in [4.78, 5) is 9.44. The first-order chi connectivity index (χ1) is 28.9. The van der Waals surface area contributed by atoms with Crippen LogP contribution in [0.5, 0.6) is 0 Å². The minimum absolute atomic E-state index is 0.102. The van der Waals surface area contributed by atoms with Gasteiger partial charge in [0.2, 0.25) is 0 Å². The highest BCUT2D eigenvalue weighted by atomic mass is 14.7. The minimum atomic E-state index is -0.102. The summed E-state index contributed by atoms with van der Waals surface area (Å²) in [5.74, 6) is 0. The average Bonchev–Trinajstić information content (AvgIpc) is 3.54. The van der Waals surface area contributed by atoms with E-state index in [2.05, 4.69) is 158 Å². The summed E-state index contributed by atoms with van der Waals surface area (Å²) in [6.45, 7) is 4.73. The number of aromatic nitrogens is 1. The summed E-state index contributed by atoms with van der Waals surface area (Å²) in [5, 5.41) is 13.9. The van der Waals surface area contributed by atoms with Crippen LogP contribution in [0, 0.1) is 5.41 Å². The maximum atomic E-state index is 8.99. The third-order valence-electron chi connectivity index (χ3n) is 11.9. The third-order valence-corrected chi connectivity index (χ3v) is 11.9. The molecule has 1 aliphatic carbocycles. The monoisotopic (exact) mass is 755 g/mol. The number of nitrogens with zero attached hydrogens (tertiary/aromatic N) is 2. The smallest absolute Gasteiger partial charge is 0.0723 e. The van der Waals surface area contributed by atoms with E-state index in [9.17, 15) is 0 Å². The zero-order valence-corrected chi connectivity index (χ0v) is 33.0. The van der Waals surface area contributed by atoms with Gasteiger partial charge in [0.25, 0.3) is 0 Å². The fraction of sp³-hybridized carbons (Fsp3) is 0.0536. The van der Waals surface area contributed by atoms with Gasteiger partial charge >= 0.3 is 0 Å². The van der Waals surface area contributed by atoms with Crippen molar-refractivity contribution in [2.45, 2.75) is 19.3 Å². The maximum Gasteiger partial charge on any atom is 0.0723 e. The number of aliphatic imine (C=N–C) groups is 1. The van der Waals surface area contributed by atoms with Gasteiger partial charge in [0.1, 0.15) is 0 Å². The molecule has 0 saturated carbocycles. The molecule has 0 atom stereocenters. The van der Waals surface area contributed by atoms with Gasteiger partial charge in [-0.25, -0.2) is 0 Å². The molecule has 280 valence electrons. The summed E-state index contributed by atoms with van der Waals surface area (Å²) in [6.07, 6.45) is 7.45. The zero-order valence-electron chi connectivity index (χ0n) is 33.0. The summed E-state index contributed by atoms with van der Waals surface area (Å²) in [5.41, 5.74) is 16.1. The van der Waals surface area contributed by atoms with E-state index in [0.29, 0.717) is 11.4 Å². The Bertz CT molecular complexity index is 3120. The van der Waals surface area contributed by atoms with E-state index >= 15 is 0 Å². The summed E-state index contributed by atoms with van der Waals surface area (Å²) in [6, 6.07) is 64.3. The van der Waals surface area contributed by atoms with Crippen molar-refractivity contribution in [3.63, 3.8) is 0 Å². The van der Waals surface area contributed by atoms with Gasteiger partial charge in [-0.05, 0) is 95.4 Å². The fourth-order valence-corrected chi connectivity index (χ4v) is 8.97. The van der Waals surface area contributed by atoms with E-state index in [4.69, 9.17) is 10.4 Å². The van der Waals surface area contributed by atoms with Crippen LogP contribution in [-0.4, -0.2) is 16.9 Å². The summed E-state index contributed by atoms with van der Waals surface area (Å²) in [7, 11) is 0. The lowest BCUT2D eigenvalue weighted by atomic mass is 9.80. The molecular weight excluding hydrogens is 715 g/mol.